The van der Waals surface area contributed by atoms with Gasteiger partial charge in [-0.15, -0.1) is 11.3 Å². The maximum atomic E-state index is 9.92. The molecular weight excluding hydrogens is 468 g/mol. The number of allylic oxidation sites excluding steroid dienone is 1. The molecule has 2 aromatic carbocycles. The molecule has 1 atom stereocenters. The summed E-state index contributed by atoms with van der Waals surface area (Å²) in [5.41, 5.74) is 6.53. The molecule has 1 unspecified atom stereocenters. The molecular formula is C30H36N2OS2. The van der Waals surface area contributed by atoms with Crippen LogP contribution >= 0.6 is 23.3 Å². The first kappa shape index (κ1) is 27.2. The fourth-order valence-corrected chi connectivity index (χ4v) is 5.66. The van der Waals surface area contributed by atoms with Crippen molar-refractivity contribution in [1.29, 1.82) is 0 Å². The molecule has 4 rings (SSSR count). The number of nitrogens with one attached hydrogen (secondary N) is 1. The molecule has 0 radical (unpaired) electrons. The molecule has 0 aliphatic heterocycles. The first-order valence-electron chi connectivity index (χ1n) is 11.8. The standard InChI is InChI=1S/C25H23NOS.C5H13NS/c1-16(2)22-9-5-4-7-19(22)13-21-14-20-8-6-10-23(25(20)28-21)24-15-18(17(3)27)11-12-26-24;1-5(2,3)7-6-4/h4-12,14-15,17,27H,1,13H2,2-3H3;6H,1-4H3. The minimum atomic E-state index is -0.501. The third-order valence-corrected chi connectivity index (χ3v) is 7.39. The third-order valence-electron chi connectivity index (χ3n) is 5.39. The molecule has 0 aliphatic rings. The Morgan fingerprint density at radius 3 is 2.49 bits per heavy atom. The number of pyridine rings is 1. The van der Waals surface area contributed by atoms with E-state index in [0.29, 0.717) is 4.75 Å². The van der Waals surface area contributed by atoms with Crippen molar-refractivity contribution < 1.29 is 5.11 Å². The zero-order chi connectivity index (χ0) is 25.6. The van der Waals surface area contributed by atoms with Crippen LogP contribution in [0.1, 0.15) is 62.3 Å². The smallest absolute Gasteiger partial charge is 0.0763 e. The maximum Gasteiger partial charge on any atom is 0.0763 e. The molecule has 35 heavy (non-hydrogen) atoms. The van der Waals surface area contributed by atoms with Crippen LogP contribution in [0.3, 0.4) is 0 Å². The molecule has 4 aromatic rings. The zero-order valence-electron chi connectivity index (χ0n) is 21.6. The summed E-state index contributed by atoms with van der Waals surface area (Å²) >= 11 is 3.55. The quantitative estimate of drug-likeness (QED) is 0.259. The Bertz CT molecular complexity index is 1290. The average Bonchev–Trinajstić information content (AvgIpc) is 3.21. The Labute approximate surface area is 218 Å². The van der Waals surface area contributed by atoms with Crippen LogP contribution in [0, 0.1) is 0 Å². The summed E-state index contributed by atoms with van der Waals surface area (Å²) in [6.45, 7) is 14.5. The molecule has 0 saturated heterocycles. The highest BCUT2D eigenvalue weighted by atomic mass is 32.2. The minimum absolute atomic E-state index is 0.356. The highest BCUT2D eigenvalue weighted by molar-refractivity contribution is 7.98. The molecule has 3 nitrogen and oxygen atoms in total. The molecule has 184 valence electrons. The number of thiophene rings is 1. The van der Waals surface area contributed by atoms with E-state index in [9.17, 15) is 5.11 Å². The Morgan fingerprint density at radius 1 is 1.11 bits per heavy atom. The van der Waals surface area contributed by atoms with Crippen molar-refractivity contribution in [2.75, 3.05) is 7.05 Å². The van der Waals surface area contributed by atoms with Crippen LogP contribution in [0.15, 0.2) is 73.4 Å². The second-order valence-corrected chi connectivity index (χ2v) is 12.6. The predicted octanol–water partition coefficient (Wildman–Crippen LogP) is 8.29. The van der Waals surface area contributed by atoms with E-state index in [1.54, 1.807) is 25.1 Å². The summed E-state index contributed by atoms with van der Waals surface area (Å²) in [5.74, 6) is 0. The summed E-state index contributed by atoms with van der Waals surface area (Å²) in [6.07, 6.45) is 2.16. The van der Waals surface area contributed by atoms with Gasteiger partial charge in [-0.25, -0.2) is 0 Å². The van der Waals surface area contributed by atoms with Crippen molar-refractivity contribution in [3.05, 3.63) is 95.0 Å². The van der Waals surface area contributed by atoms with Gasteiger partial charge < -0.3 is 5.11 Å². The number of rotatable bonds is 6. The number of nitrogens with zero attached hydrogens (tertiary/aromatic N) is 1. The maximum absolute atomic E-state index is 9.92. The fraction of sp³-hybridized carbons (Fsp3) is 0.300. The van der Waals surface area contributed by atoms with E-state index in [1.165, 1.54) is 26.1 Å². The van der Waals surface area contributed by atoms with Gasteiger partial charge >= 0.3 is 0 Å². The van der Waals surface area contributed by atoms with Crippen molar-refractivity contribution in [2.45, 2.75) is 51.9 Å². The van der Waals surface area contributed by atoms with Gasteiger partial charge in [-0.3, -0.25) is 9.71 Å². The fourth-order valence-electron chi connectivity index (χ4n) is 3.84. The van der Waals surface area contributed by atoms with Gasteiger partial charge in [0.1, 0.15) is 0 Å². The van der Waals surface area contributed by atoms with Gasteiger partial charge in [-0.05, 0) is 81.9 Å². The van der Waals surface area contributed by atoms with Gasteiger partial charge in [0.2, 0.25) is 0 Å². The number of aromatic nitrogens is 1. The van der Waals surface area contributed by atoms with Gasteiger partial charge in [0.25, 0.3) is 0 Å². The number of aliphatic hydroxyl groups is 1. The van der Waals surface area contributed by atoms with E-state index < -0.39 is 6.10 Å². The largest absolute Gasteiger partial charge is 0.389 e. The lowest BCUT2D eigenvalue weighted by Crippen LogP contribution is -2.13. The van der Waals surface area contributed by atoms with Crippen molar-refractivity contribution in [3.8, 4) is 11.3 Å². The Hall–Kier alpha value is -2.44. The van der Waals surface area contributed by atoms with Crippen molar-refractivity contribution in [3.63, 3.8) is 0 Å². The van der Waals surface area contributed by atoms with Crippen LogP contribution in [0.2, 0.25) is 0 Å². The lowest BCUT2D eigenvalue weighted by atomic mass is 9.99. The first-order chi connectivity index (χ1) is 16.6. The van der Waals surface area contributed by atoms with Gasteiger partial charge in [0, 0.05) is 32.5 Å². The highest BCUT2D eigenvalue weighted by Gasteiger charge is 2.12. The van der Waals surface area contributed by atoms with E-state index >= 15 is 0 Å². The van der Waals surface area contributed by atoms with Gasteiger partial charge in [-0.1, -0.05) is 66.6 Å². The van der Waals surface area contributed by atoms with Gasteiger partial charge in [0.15, 0.2) is 0 Å². The van der Waals surface area contributed by atoms with E-state index in [4.69, 9.17) is 0 Å². The van der Waals surface area contributed by atoms with E-state index in [0.717, 1.165) is 28.8 Å². The monoisotopic (exact) mass is 504 g/mol. The molecule has 0 amide bonds. The Kier molecular flexibility index (Phi) is 9.31. The predicted molar refractivity (Wildman–Crippen MR) is 156 cm³/mol. The lowest BCUT2D eigenvalue weighted by Gasteiger charge is -2.14. The molecule has 0 spiro atoms. The van der Waals surface area contributed by atoms with Crippen LogP contribution in [0.4, 0.5) is 0 Å². The first-order valence-corrected chi connectivity index (χ1v) is 13.5. The van der Waals surface area contributed by atoms with Crippen LogP contribution in [0.5, 0.6) is 0 Å². The SMILES string of the molecule is C=C(C)c1ccccc1Cc1cc2cccc(-c3cc(C(C)O)ccn3)c2s1.CNSC(C)(C)C. The summed E-state index contributed by atoms with van der Waals surface area (Å²) in [7, 11) is 1.94. The average molecular weight is 505 g/mol. The molecule has 0 aliphatic carbocycles. The van der Waals surface area contributed by atoms with Crippen LogP contribution in [-0.4, -0.2) is 21.9 Å². The second-order valence-electron chi connectivity index (χ2n) is 9.62. The van der Waals surface area contributed by atoms with E-state index in [-0.39, 0.29) is 0 Å². The van der Waals surface area contributed by atoms with E-state index in [2.05, 4.69) is 92.5 Å². The van der Waals surface area contributed by atoms with Crippen LogP contribution in [-0.2, 0) is 6.42 Å². The van der Waals surface area contributed by atoms with E-state index in [1.807, 2.05) is 30.5 Å². The van der Waals surface area contributed by atoms with Crippen molar-refractivity contribution in [1.82, 2.24) is 9.71 Å². The number of hydrogen-bond acceptors (Lipinski definition) is 5. The molecule has 2 N–H and O–H groups in total. The van der Waals surface area contributed by atoms with Crippen LogP contribution in [0.25, 0.3) is 26.9 Å². The summed E-state index contributed by atoms with van der Waals surface area (Å²) in [4.78, 5) is 5.88. The molecule has 2 heterocycles. The topological polar surface area (TPSA) is 45.2 Å². The Morgan fingerprint density at radius 2 is 1.86 bits per heavy atom. The second kappa shape index (κ2) is 12.0. The number of hydrogen-bond donors (Lipinski definition) is 2. The molecule has 0 saturated carbocycles. The zero-order valence-corrected chi connectivity index (χ0v) is 23.2. The van der Waals surface area contributed by atoms with Crippen molar-refractivity contribution >= 4 is 38.9 Å². The van der Waals surface area contributed by atoms with Gasteiger partial charge in [-0.2, -0.15) is 0 Å². The summed E-state index contributed by atoms with van der Waals surface area (Å²) < 4.78 is 4.62. The number of aliphatic hydroxyl groups excluding tert-OH is 1. The molecule has 0 fully saturated rings. The summed E-state index contributed by atoms with van der Waals surface area (Å²) in [5, 5.41) is 11.1. The van der Waals surface area contributed by atoms with Crippen LogP contribution < -0.4 is 4.72 Å². The van der Waals surface area contributed by atoms with Crippen molar-refractivity contribution in [2.24, 2.45) is 0 Å². The molecule has 0 bridgehead atoms. The molecule has 5 heteroatoms. The number of benzene rings is 2. The third kappa shape index (κ3) is 7.52. The molecule has 2 aromatic heterocycles. The van der Waals surface area contributed by atoms with Gasteiger partial charge in [0.05, 0.1) is 11.8 Å². The highest BCUT2D eigenvalue weighted by Crippen LogP contribution is 2.36. The lowest BCUT2D eigenvalue weighted by molar-refractivity contribution is 0.199. The normalized spacial score (nSPS) is 12.2. The minimum Gasteiger partial charge on any atom is -0.389 e. The number of fused-ring (bicyclic) bond motifs is 1. The summed E-state index contributed by atoms with van der Waals surface area (Å²) in [6, 6.07) is 20.9. The Balaban J connectivity index is 0.000000429.